The Morgan fingerprint density at radius 3 is 2.13 bits per heavy atom. The zero-order valence-electron chi connectivity index (χ0n) is 21.7. The topological polar surface area (TPSA) is 55.4 Å². The fraction of sp³-hybridized carbons (Fsp3) is 0.312. The highest BCUT2D eigenvalue weighted by molar-refractivity contribution is 5.86. The van der Waals surface area contributed by atoms with Crippen LogP contribution < -0.4 is 9.47 Å². The van der Waals surface area contributed by atoms with Crippen LogP contribution in [0.3, 0.4) is 0 Å². The Hall–Kier alpha value is -3.42. The Morgan fingerprint density at radius 1 is 0.763 bits per heavy atom. The maximum atomic E-state index is 6.84. The number of hydrogen-bond donors (Lipinski definition) is 0. The monoisotopic (exact) mass is 512 g/mol. The first-order chi connectivity index (χ1) is 18.7. The van der Waals surface area contributed by atoms with E-state index in [1.165, 1.54) is 10.8 Å². The minimum atomic E-state index is -0.703. The maximum absolute atomic E-state index is 6.84. The standard InChI is InChI=1S/C32H32O6/c1-33-25-14-10-22(11-15-25)18-35-20-32-21-37-30(31(32)36-19-23-12-16-26(34-2)17-13-23)29(38-32)28-9-5-7-24-6-3-4-8-27(24)28/h3-17,29-31H,18-21H2,1-2H3/t29-,30-,31-,32-/m0/s1. The van der Waals surface area contributed by atoms with Crippen molar-refractivity contribution >= 4 is 10.8 Å². The minimum Gasteiger partial charge on any atom is -0.497 e. The smallest absolute Gasteiger partial charge is 0.144 e. The van der Waals surface area contributed by atoms with E-state index in [1.54, 1.807) is 14.2 Å². The highest BCUT2D eigenvalue weighted by atomic mass is 16.7. The third-order valence-corrected chi connectivity index (χ3v) is 7.49. The van der Waals surface area contributed by atoms with Crippen LogP contribution >= 0.6 is 0 Å². The summed E-state index contributed by atoms with van der Waals surface area (Å²) in [5, 5.41) is 2.34. The second-order valence-electron chi connectivity index (χ2n) is 9.87. The summed E-state index contributed by atoms with van der Waals surface area (Å²) in [5.41, 5.74) is 2.54. The van der Waals surface area contributed by atoms with Gasteiger partial charge in [-0.05, 0) is 51.7 Å². The zero-order chi connectivity index (χ0) is 26.0. The van der Waals surface area contributed by atoms with Gasteiger partial charge in [-0.25, -0.2) is 0 Å². The number of benzene rings is 4. The molecule has 38 heavy (non-hydrogen) atoms. The van der Waals surface area contributed by atoms with Crippen LogP contribution in [0.1, 0.15) is 22.8 Å². The van der Waals surface area contributed by atoms with Gasteiger partial charge in [0.1, 0.15) is 35.4 Å². The van der Waals surface area contributed by atoms with Crippen molar-refractivity contribution in [2.75, 3.05) is 27.4 Å². The first kappa shape index (κ1) is 24.9. The molecular weight excluding hydrogens is 480 g/mol. The molecule has 0 aromatic heterocycles. The van der Waals surface area contributed by atoms with Gasteiger partial charge in [0.15, 0.2) is 0 Å². The molecule has 4 atom stereocenters. The van der Waals surface area contributed by atoms with Crippen LogP contribution in [0.5, 0.6) is 11.5 Å². The predicted octanol–water partition coefficient (Wildman–Crippen LogP) is 5.87. The van der Waals surface area contributed by atoms with Crippen molar-refractivity contribution in [3.05, 3.63) is 108 Å². The lowest BCUT2D eigenvalue weighted by atomic mass is 9.94. The molecule has 6 rings (SSSR count). The number of rotatable bonds is 10. The maximum Gasteiger partial charge on any atom is 0.144 e. The van der Waals surface area contributed by atoms with Gasteiger partial charge in [-0.15, -0.1) is 0 Å². The van der Waals surface area contributed by atoms with Gasteiger partial charge in [0.2, 0.25) is 0 Å². The molecule has 0 spiro atoms. The van der Waals surface area contributed by atoms with Crippen LogP contribution in [-0.2, 0) is 32.2 Å². The summed E-state index contributed by atoms with van der Waals surface area (Å²) in [6.07, 6.45) is -0.756. The van der Waals surface area contributed by atoms with Crippen LogP contribution in [0, 0.1) is 0 Å². The molecule has 196 valence electrons. The normalized spacial score (nSPS) is 24.1. The predicted molar refractivity (Wildman–Crippen MR) is 144 cm³/mol. The molecule has 0 amide bonds. The van der Waals surface area contributed by atoms with E-state index in [2.05, 4.69) is 42.5 Å². The molecule has 2 heterocycles. The van der Waals surface area contributed by atoms with Crippen molar-refractivity contribution in [3.63, 3.8) is 0 Å². The second-order valence-corrected chi connectivity index (χ2v) is 9.87. The van der Waals surface area contributed by atoms with Crippen molar-refractivity contribution in [1.82, 2.24) is 0 Å². The summed E-state index contributed by atoms with van der Waals surface area (Å²) in [4.78, 5) is 0. The van der Waals surface area contributed by atoms with E-state index in [4.69, 9.17) is 28.4 Å². The molecule has 0 radical (unpaired) electrons. The molecule has 6 heteroatoms. The number of fused-ring (bicyclic) bond motifs is 3. The second kappa shape index (κ2) is 10.8. The van der Waals surface area contributed by atoms with Gasteiger partial charge >= 0.3 is 0 Å². The molecule has 4 aromatic rings. The van der Waals surface area contributed by atoms with Crippen LogP contribution in [-0.4, -0.2) is 45.2 Å². The van der Waals surface area contributed by atoms with E-state index in [-0.39, 0.29) is 18.3 Å². The first-order valence-corrected chi connectivity index (χ1v) is 12.9. The van der Waals surface area contributed by atoms with E-state index in [9.17, 15) is 0 Å². The van der Waals surface area contributed by atoms with Crippen LogP contribution in [0.2, 0.25) is 0 Å². The fourth-order valence-electron chi connectivity index (χ4n) is 5.49. The molecule has 2 bridgehead atoms. The van der Waals surface area contributed by atoms with Gasteiger partial charge in [-0.3, -0.25) is 0 Å². The Kier molecular flexibility index (Phi) is 7.04. The lowest BCUT2D eigenvalue weighted by Crippen LogP contribution is -2.46. The van der Waals surface area contributed by atoms with Gasteiger partial charge in [0.25, 0.3) is 0 Å². The van der Waals surface area contributed by atoms with E-state index in [0.717, 1.165) is 28.2 Å². The van der Waals surface area contributed by atoms with E-state index < -0.39 is 5.60 Å². The number of hydrogen-bond acceptors (Lipinski definition) is 6. The molecule has 2 aliphatic heterocycles. The summed E-state index contributed by atoms with van der Waals surface area (Å²) in [5.74, 6) is 1.64. The van der Waals surface area contributed by atoms with E-state index in [0.29, 0.717) is 26.4 Å². The quantitative estimate of drug-likeness (QED) is 0.265. The molecule has 2 saturated heterocycles. The van der Waals surface area contributed by atoms with Crippen molar-refractivity contribution in [3.8, 4) is 11.5 Å². The molecule has 0 saturated carbocycles. The Balaban J connectivity index is 1.24. The molecular formula is C32H32O6. The largest absolute Gasteiger partial charge is 0.497 e. The lowest BCUT2D eigenvalue weighted by Gasteiger charge is -2.31. The molecule has 2 fully saturated rings. The molecule has 0 N–H and O–H groups in total. The Labute approximate surface area is 223 Å². The molecule has 0 aliphatic carbocycles. The number of methoxy groups -OCH3 is 2. The average Bonchev–Trinajstić information content (AvgIpc) is 3.48. The van der Waals surface area contributed by atoms with Gasteiger partial charge in [-0.1, -0.05) is 66.7 Å². The summed E-state index contributed by atoms with van der Waals surface area (Å²) < 4.78 is 36.6. The van der Waals surface area contributed by atoms with Crippen molar-refractivity contribution < 1.29 is 28.4 Å². The van der Waals surface area contributed by atoms with Crippen molar-refractivity contribution in [1.29, 1.82) is 0 Å². The van der Waals surface area contributed by atoms with Crippen molar-refractivity contribution in [2.24, 2.45) is 0 Å². The minimum absolute atomic E-state index is 0.233. The van der Waals surface area contributed by atoms with Gasteiger partial charge in [0, 0.05) is 0 Å². The summed E-state index contributed by atoms with van der Waals surface area (Å²) in [7, 11) is 3.33. The molecule has 0 unspecified atom stereocenters. The Bertz CT molecular complexity index is 1360. The van der Waals surface area contributed by atoms with Gasteiger partial charge in [0.05, 0.1) is 40.6 Å². The van der Waals surface area contributed by atoms with Crippen molar-refractivity contribution in [2.45, 2.75) is 37.1 Å². The Morgan fingerprint density at radius 2 is 1.42 bits per heavy atom. The SMILES string of the molecule is COc1ccc(COC[C@@]23CO[C@@H]([C@H](c4cccc5ccccc45)O2)[C@@H]3OCc2ccc(OC)cc2)cc1. The van der Waals surface area contributed by atoms with Gasteiger partial charge < -0.3 is 28.4 Å². The molecule has 4 aromatic carbocycles. The third kappa shape index (κ3) is 4.76. The zero-order valence-corrected chi connectivity index (χ0v) is 21.7. The van der Waals surface area contributed by atoms with E-state index in [1.807, 2.05) is 48.5 Å². The average molecular weight is 513 g/mol. The molecule has 6 nitrogen and oxygen atoms in total. The van der Waals surface area contributed by atoms with Gasteiger partial charge in [-0.2, -0.15) is 0 Å². The van der Waals surface area contributed by atoms with Crippen LogP contribution in [0.15, 0.2) is 91.0 Å². The summed E-state index contributed by atoms with van der Waals surface area (Å²) in [6.45, 7) is 1.70. The first-order valence-electron chi connectivity index (χ1n) is 12.9. The van der Waals surface area contributed by atoms with E-state index >= 15 is 0 Å². The third-order valence-electron chi connectivity index (χ3n) is 7.49. The molecule has 2 aliphatic rings. The summed E-state index contributed by atoms with van der Waals surface area (Å²) >= 11 is 0. The van der Waals surface area contributed by atoms with Crippen LogP contribution in [0.4, 0.5) is 0 Å². The highest BCUT2D eigenvalue weighted by Gasteiger charge is 2.63. The fourth-order valence-corrected chi connectivity index (χ4v) is 5.49. The van der Waals surface area contributed by atoms with Crippen LogP contribution in [0.25, 0.3) is 10.8 Å². The highest BCUT2D eigenvalue weighted by Crippen LogP contribution is 2.50. The lowest BCUT2D eigenvalue weighted by molar-refractivity contribution is -0.175. The summed E-state index contributed by atoms with van der Waals surface area (Å²) in [6, 6.07) is 30.5. The number of ether oxygens (including phenoxy) is 6.